The van der Waals surface area contributed by atoms with E-state index >= 15 is 0 Å². The third kappa shape index (κ3) is 3.62. The second kappa shape index (κ2) is 8.40. The van der Waals surface area contributed by atoms with Gasteiger partial charge in [0.05, 0.1) is 17.6 Å². The molecule has 0 aliphatic carbocycles. The van der Waals surface area contributed by atoms with Gasteiger partial charge in [-0.2, -0.15) is 0 Å². The van der Waals surface area contributed by atoms with E-state index in [1.54, 1.807) is 4.57 Å². The first-order valence-corrected chi connectivity index (χ1v) is 11.5. The number of aromatic nitrogens is 4. The van der Waals surface area contributed by atoms with E-state index in [2.05, 4.69) is 42.2 Å². The van der Waals surface area contributed by atoms with Gasteiger partial charge in [-0.15, -0.1) is 5.10 Å². The Bertz CT molecular complexity index is 1340. The summed E-state index contributed by atoms with van der Waals surface area (Å²) in [4.78, 5) is 15.6. The van der Waals surface area contributed by atoms with Gasteiger partial charge >= 0.3 is 0 Å². The number of fused-ring (bicyclic) bond motifs is 3. The van der Waals surface area contributed by atoms with Gasteiger partial charge in [0.15, 0.2) is 0 Å². The van der Waals surface area contributed by atoms with Crippen LogP contribution in [0, 0.1) is 4.77 Å². The molecule has 1 saturated heterocycles. The quantitative estimate of drug-likeness (QED) is 0.427. The van der Waals surface area contributed by atoms with Crippen molar-refractivity contribution in [1.82, 2.24) is 23.6 Å². The van der Waals surface area contributed by atoms with Crippen LogP contribution < -0.4 is 5.56 Å². The summed E-state index contributed by atoms with van der Waals surface area (Å²) in [5, 5.41) is 5.53. The van der Waals surface area contributed by atoms with E-state index in [1.807, 2.05) is 33.3 Å². The average Bonchev–Trinajstić information content (AvgIpc) is 3.36. The molecule has 0 bridgehead atoms. The highest BCUT2D eigenvalue weighted by molar-refractivity contribution is 7.71. The maximum Gasteiger partial charge on any atom is 0.262 e. The molecule has 1 aliphatic rings. The molecule has 0 spiro atoms. The number of rotatable bonds is 6. The van der Waals surface area contributed by atoms with E-state index in [4.69, 9.17) is 17.3 Å². The van der Waals surface area contributed by atoms with Gasteiger partial charge in [-0.25, -0.2) is 4.68 Å². The Hall–Kier alpha value is -2.77. The highest BCUT2D eigenvalue weighted by Crippen LogP contribution is 2.22. The molecule has 0 saturated carbocycles. The molecule has 2 aromatic heterocycles. The Kier molecular flexibility index (Phi) is 5.46. The molecule has 1 fully saturated rings. The maximum absolute atomic E-state index is 13.1. The number of hydrogen-bond donors (Lipinski definition) is 0. The van der Waals surface area contributed by atoms with E-state index in [-0.39, 0.29) is 5.56 Å². The third-order valence-corrected chi connectivity index (χ3v) is 6.65. The minimum Gasteiger partial charge on any atom is -0.281 e. The fourth-order valence-electron chi connectivity index (χ4n) is 4.76. The van der Waals surface area contributed by atoms with Crippen molar-refractivity contribution in [2.24, 2.45) is 0 Å². The van der Waals surface area contributed by atoms with Crippen LogP contribution in [0.1, 0.15) is 31.7 Å². The number of nitrogens with zero attached hydrogens (tertiary/aromatic N) is 5. The first kappa shape index (κ1) is 20.2. The predicted octanol–water partition coefficient (Wildman–Crippen LogP) is 4.25. The van der Waals surface area contributed by atoms with Gasteiger partial charge in [0.2, 0.25) is 10.5 Å². The van der Waals surface area contributed by atoms with Crippen LogP contribution in [0.2, 0.25) is 0 Å². The molecule has 0 N–H and O–H groups in total. The molecule has 1 aliphatic heterocycles. The Morgan fingerprint density at radius 1 is 1.10 bits per heavy atom. The van der Waals surface area contributed by atoms with Crippen molar-refractivity contribution in [3.63, 3.8) is 0 Å². The Labute approximate surface area is 186 Å². The summed E-state index contributed by atoms with van der Waals surface area (Å²) in [7, 11) is 0. The smallest absolute Gasteiger partial charge is 0.262 e. The SMILES string of the molecule is CCCn1c(=O)c2ccccc2n2c(=S)n(CN3CCCC3Cc3ccccc3)nc12. The molecular weight excluding hydrogens is 406 g/mol. The van der Waals surface area contributed by atoms with Gasteiger partial charge in [0, 0.05) is 19.1 Å². The van der Waals surface area contributed by atoms with Crippen LogP contribution in [0.25, 0.3) is 16.7 Å². The van der Waals surface area contributed by atoms with Gasteiger partial charge in [-0.3, -0.25) is 18.7 Å². The molecule has 1 atom stereocenters. The van der Waals surface area contributed by atoms with Crippen molar-refractivity contribution in [2.45, 2.75) is 51.9 Å². The van der Waals surface area contributed by atoms with Crippen LogP contribution in [-0.4, -0.2) is 36.2 Å². The molecule has 31 heavy (non-hydrogen) atoms. The monoisotopic (exact) mass is 433 g/mol. The van der Waals surface area contributed by atoms with Gasteiger partial charge in [-0.1, -0.05) is 49.4 Å². The Balaban J connectivity index is 1.56. The topological polar surface area (TPSA) is 47.5 Å². The van der Waals surface area contributed by atoms with Crippen molar-refractivity contribution in [3.8, 4) is 0 Å². The van der Waals surface area contributed by atoms with Gasteiger partial charge < -0.3 is 0 Å². The highest BCUT2D eigenvalue weighted by atomic mass is 32.1. The molecule has 1 unspecified atom stereocenters. The molecule has 6 nitrogen and oxygen atoms in total. The molecule has 0 amide bonds. The fraction of sp³-hybridized carbons (Fsp3) is 0.375. The Morgan fingerprint density at radius 2 is 1.87 bits per heavy atom. The van der Waals surface area contributed by atoms with E-state index in [0.717, 1.165) is 24.9 Å². The third-order valence-electron chi connectivity index (χ3n) is 6.26. The summed E-state index contributed by atoms with van der Waals surface area (Å²) in [5.74, 6) is 0.634. The largest absolute Gasteiger partial charge is 0.281 e. The van der Waals surface area contributed by atoms with Crippen LogP contribution in [0.3, 0.4) is 0 Å². The summed E-state index contributed by atoms with van der Waals surface area (Å²) in [6.07, 6.45) is 4.25. The van der Waals surface area contributed by atoms with Crippen molar-refractivity contribution >= 4 is 28.9 Å². The zero-order valence-electron chi connectivity index (χ0n) is 17.8. The van der Waals surface area contributed by atoms with E-state index in [1.165, 1.54) is 18.4 Å². The summed E-state index contributed by atoms with van der Waals surface area (Å²) >= 11 is 5.87. The van der Waals surface area contributed by atoms with Gasteiger partial charge in [0.1, 0.15) is 0 Å². The van der Waals surface area contributed by atoms with Crippen molar-refractivity contribution < 1.29 is 0 Å². The molecule has 7 heteroatoms. The van der Waals surface area contributed by atoms with Gasteiger partial charge in [0.25, 0.3) is 5.56 Å². The van der Waals surface area contributed by atoms with Crippen LogP contribution in [0.4, 0.5) is 0 Å². The van der Waals surface area contributed by atoms with E-state index in [0.29, 0.717) is 35.2 Å². The normalized spacial score (nSPS) is 17.1. The average molecular weight is 434 g/mol. The first-order valence-electron chi connectivity index (χ1n) is 11.1. The summed E-state index contributed by atoms with van der Waals surface area (Å²) in [6, 6.07) is 18.8. The van der Waals surface area contributed by atoms with Crippen molar-refractivity contribution in [1.29, 1.82) is 0 Å². The van der Waals surface area contributed by atoms with Crippen LogP contribution >= 0.6 is 12.2 Å². The fourth-order valence-corrected chi connectivity index (χ4v) is 5.03. The van der Waals surface area contributed by atoms with Crippen molar-refractivity contribution in [3.05, 3.63) is 75.3 Å². The minimum absolute atomic E-state index is 0.000210. The lowest BCUT2D eigenvalue weighted by Gasteiger charge is -2.24. The molecular formula is C24H27N5OS. The van der Waals surface area contributed by atoms with Crippen molar-refractivity contribution in [2.75, 3.05) is 6.54 Å². The van der Waals surface area contributed by atoms with Crippen LogP contribution in [0.5, 0.6) is 0 Å². The number of likely N-dealkylation sites (tertiary alicyclic amines) is 1. The van der Waals surface area contributed by atoms with Crippen LogP contribution in [0.15, 0.2) is 59.4 Å². The first-order chi connectivity index (χ1) is 15.2. The van der Waals surface area contributed by atoms with Gasteiger partial charge in [-0.05, 0) is 55.6 Å². The number of aryl methyl sites for hydroxylation is 1. The molecule has 3 heterocycles. The maximum atomic E-state index is 13.1. The zero-order valence-corrected chi connectivity index (χ0v) is 18.6. The second-order valence-electron chi connectivity index (χ2n) is 8.33. The molecule has 2 aromatic carbocycles. The standard InChI is InChI=1S/C24H27N5OS/c1-2-14-27-22(30)20-12-6-7-13-21(20)29-23(27)25-28(24(29)31)17-26-15-8-11-19(26)16-18-9-4-3-5-10-18/h3-7,9-10,12-13,19H,2,8,11,14-17H2,1H3. The minimum atomic E-state index is 0.000210. The second-order valence-corrected chi connectivity index (χ2v) is 8.70. The lowest BCUT2D eigenvalue weighted by molar-refractivity contribution is 0.188. The molecule has 0 radical (unpaired) electrons. The van der Waals surface area contributed by atoms with E-state index < -0.39 is 0 Å². The Morgan fingerprint density at radius 3 is 2.68 bits per heavy atom. The number of para-hydroxylation sites is 1. The molecule has 5 rings (SSSR count). The number of benzene rings is 2. The summed E-state index contributed by atoms with van der Waals surface area (Å²) < 4.78 is 6.26. The highest BCUT2D eigenvalue weighted by Gasteiger charge is 2.26. The van der Waals surface area contributed by atoms with E-state index in [9.17, 15) is 4.79 Å². The lowest BCUT2D eigenvalue weighted by atomic mass is 10.0. The molecule has 160 valence electrons. The molecule has 4 aromatic rings. The van der Waals surface area contributed by atoms with Crippen LogP contribution in [-0.2, 0) is 19.6 Å². The number of hydrogen-bond acceptors (Lipinski definition) is 4. The summed E-state index contributed by atoms with van der Waals surface area (Å²) in [6.45, 7) is 4.38. The lowest BCUT2D eigenvalue weighted by Crippen LogP contribution is -2.33. The summed E-state index contributed by atoms with van der Waals surface area (Å²) in [5.41, 5.74) is 2.19. The predicted molar refractivity (Wildman–Crippen MR) is 126 cm³/mol. The zero-order chi connectivity index (χ0) is 21.4.